The third-order valence-electron chi connectivity index (χ3n) is 6.59. The van der Waals surface area contributed by atoms with E-state index in [9.17, 15) is 14.4 Å². The van der Waals surface area contributed by atoms with E-state index in [-0.39, 0.29) is 5.97 Å². The largest absolute Gasteiger partial charge is 0.469 e. The summed E-state index contributed by atoms with van der Waals surface area (Å²) in [6.45, 7) is 1.96. The molecule has 1 aliphatic carbocycles. The maximum Gasteiger partial charge on any atom is 0.324 e. The number of rotatable bonds is 4. The molecule has 0 spiro atoms. The Morgan fingerprint density at radius 3 is 2.39 bits per heavy atom. The summed E-state index contributed by atoms with van der Waals surface area (Å²) in [5.41, 5.74) is 1.42. The maximum absolute atomic E-state index is 13.4. The van der Waals surface area contributed by atoms with Gasteiger partial charge < -0.3 is 14.8 Å². The van der Waals surface area contributed by atoms with Gasteiger partial charge in [0.1, 0.15) is 11.7 Å². The minimum atomic E-state index is -1.14. The van der Waals surface area contributed by atoms with Gasteiger partial charge in [0, 0.05) is 17.2 Å². The van der Waals surface area contributed by atoms with Crippen molar-refractivity contribution in [3.05, 3.63) is 59.7 Å². The highest BCUT2D eigenvalue weighted by molar-refractivity contribution is 6.07. The second-order valence-corrected chi connectivity index (χ2v) is 8.48. The van der Waals surface area contributed by atoms with Gasteiger partial charge in [0.05, 0.1) is 12.5 Å². The number of fused-ring (bicyclic) bond motifs is 1. The zero-order valence-electron chi connectivity index (χ0n) is 17.9. The van der Waals surface area contributed by atoms with Gasteiger partial charge in [-0.2, -0.15) is 0 Å². The molecule has 4 rings (SSSR count). The van der Waals surface area contributed by atoms with Gasteiger partial charge in [-0.25, -0.2) is 0 Å². The lowest BCUT2D eigenvalue weighted by Crippen LogP contribution is -2.51. The summed E-state index contributed by atoms with van der Waals surface area (Å²) in [5, 5.41) is 2.85. The molecule has 162 valence electrons. The highest BCUT2D eigenvalue weighted by Gasteiger charge is 2.57. The highest BCUT2D eigenvalue weighted by Crippen LogP contribution is 2.55. The van der Waals surface area contributed by atoms with Gasteiger partial charge in [0.15, 0.2) is 0 Å². The zero-order chi connectivity index (χ0) is 22.0. The molecule has 1 saturated carbocycles. The average Bonchev–Trinajstić information content (AvgIpc) is 2.79. The molecule has 2 aliphatic rings. The van der Waals surface area contributed by atoms with Crippen molar-refractivity contribution in [1.82, 2.24) is 0 Å². The standard InChI is InChI=1S/C25H27NO5/c1-16-10-12-17(13-11-16)26-22(27)20-21(18-8-4-5-9-19(18)31-23(20)28)25(24(29)30-2)14-6-3-7-15-25/h4-5,8-13,20-21H,3,6-7,14-15H2,1-2H3,(H,26,27). The fourth-order valence-electron chi connectivity index (χ4n) is 5.08. The Labute approximate surface area is 181 Å². The second-order valence-electron chi connectivity index (χ2n) is 8.48. The van der Waals surface area contributed by atoms with E-state index in [0.717, 1.165) is 24.8 Å². The molecule has 0 aromatic heterocycles. The molecule has 2 unspecified atom stereocenters. The molecule has 1 aliphatic heterocycles. The van der Waals surface area contributed by atoms with Crippen molar-refractivity contribution in [3.8, 4) is 5.75 Å². The van der Waals surface area contributed by atoms with Crippen LogP contribution >= 0.6 is 0 Å². The summed E-state index contributed by atoms with van der Waals surface area (Å²) in [5.74, 6) is -2.86. The number of esters is 2. The average molecular weight is 421 g/mol. The van der Waals surface area contributed by atoms with E-state index in [1.54, 1.807) is 24.3 Å². The smallest absolute Gasteiger partial charge is 0.324 e. The lowest BCUT2D eigenvalue weighted by Gasteiger charge is -2.45. The summed E-state index contributed by atoms with van der Waals surface area (Å²) >= 11 is 0. The van der Waals surface area contributed by atoms with Crippen molar-refractivity contribution in [2.45, 2.75) is 44.9 Å². The monoisotopic (exact) mass is 421 g/mol. The van der Waals surface area contributed by atoms with E-state index in [2.05, 4.69) is 5.32 Å². The number of carbonyl (C=O) groups excluding carboxylic acids is 3. The number of amides is 1. The van der Waals surface area contributed by atoms with E-state index in [4.69, 9.17) is 9.47 Å². The number of aryl methyl sites for hydroxylation is 1. The van der Waals surface area contributed by atoms with Crippen molar-refractivity contribution in [3.63, 3.8) is 0 Å². The highest BCUT2D eigenvalue weighted by atomic mass is 16.5. The van der Waals surface area contributed by atoms with E-state index in [1.165, 1.54) is 7.11 Å². The van der Waals surface area contributed by atoms with Gasteiger partial charge >= 0.3 is 11.9 Å². The molecule has 1 amide bonds. The molecular formula is C25H27NO5. The number of carbonyl (C=O) groups is 3. The second kappa shape index (κ2) is 8.53. The van der Waals surface area contributed by atoms with Gasteiger partial charge in [-0.3, -0.25) is 14.4 Å². The number of hydrogen-bond donors (Lipinski definition) is 1. The summed E-state index contributed by atoms with van der Waals surface area (Å²) in [6.07, 6.45) is 3.84. The Morgan fingerprint density at radius 2 is 1.71 bits per heavy atom. The van der Waals surface area contributed by atoms with E-state index in [0.29, 0.717) is 29.8 Å². The first-order valence-corrected chi connectivity index (χ1v) is 10.7. The van der Waals surface area contributed by atoms with Gasteiger partial charge in [0.2, 0.25) is 5.91 Å². The fraction of sp³-hybridized carbons (Fsp3) is 0.400. The van der Waals surface area contributed by atoms with Gasteiger partial charge in [0.25, 0.3) is 0 Å². The van der Waals surface area contributed by atoms with Crippen LogP contribution in [0.25, 0.3) is 0 Å². The van der Waals surface area contributed by atoms with Crippen LogP contribution in [0.15, 0.2) is 48.5 Å². The van der Waals surface area contributed by atoms with Crippen molar-refractivity contribution >= 4 is 23.5 Å². The Balaban J connectivity index is 1.80. The first-order valence-electron chi connectivity index (χ1n) is 10.7. The van der Waals surface area contributed by atoms with Crippen molar-refractivity contribution in [2.75, 3.05) is 12.4 Å². The molecule has 0 radical (unpaired) electrons. The molecule has 31 heavy (non-hydrogen) atoms. The lowest BCUT2D eigenvalue weighted by atomic mass is 9.59. The van der Waals surface area contributed by atoms with Crippen molar-refractivity contribution < 1.29 is 23.9 Å². The van der Waals surface area contributed by atoms with Crippen LogP contribution in [0, 0.1) is 18.3 Å². The summed E-state index contributed by atoms with van der Waals surface area (Å²) in [4.78, 5) is 39.7. The van der Waals surface area contributed by atoms with Crippen LogP contribution in [0.5, 0.6) is 5.75 Å². The van der Waals surface area contributed by atoms with Crippen LogP contribution in [0.4, 0.5) is 5.69 Å². The Hall–Kier alpha value is -3.15. The third-order valence-corrected chi connectivity index (χ3v) is 6.59. The predicted octanol–water partition coefficient (Wildman–Crippen LogP) is 4.38. The van der Waals surface area contributed by atoms with E-state index < -0.39 is 29.1 Å². The predicted molar refractivity (Wildman–Crippen MR) is 116 cm³/mol. The van der Waals surface area contributed by atoms with E-state index >= 15 is 0 Å². The number of hydrogen-bond acceptors (Lipinski definition) is 5. The minimum Gasteiger partial charge on any atom is -0.469 e. The van der Waals surface area contributed by atoms with Crippen LogP contribution in [-0.4, -0.2) is 25.0 Å². The number of ether oxygens (including phenoxy) is 2. The van der Waals surface area contributed by atoms with Crippen molar-refractivity contribution in [1.29, 1.82) is 0 Å². The fourth-order valence-corrected chi connectivity index (χ4v) is 5.08. The van der Waals surface area contributed by atoms with Crippen LogP contribution in [0.1, 0.15) is 49.1 Å². The number of para-hydroxylation sites is 1. The van der Waals surface area contributed by atoms with Crippen LogP contribution < -0.4 is 10.1 Å². The number of nitrogens with one attached hydrogen (secondary N) is 1. The SMILES string of the molecule is COC(=O)C1(C2c3ccccc3OC(=O)C2C(=O)Nc2ccc(C)cc2)CCCCC1. The Morgan fingerprint density at radius 1 is 1.03 bits per heavy atom. The Bertz CT molecular complexity index is 991. The molecule has 6 heteroatoms. The van der Waals surface area contributed by atoms with Crippen LogP contribution in [0.2, 0.25) is 0 Å². The molecule has 2 aromatic rings. The summed E-state index contributed by atoms with van der Waals surface area (Å²) in [7, 11) is 1.37. The molecule has 6 nitrogen and oxygen atoms in total. The molecule has 0 bridgehead atoms. The van der Waals surface area contributed by atoms with Gasteiger partial charge in [-0.05, 0) is 38.0 Å². The number of benzene rings is 2. The van der Waals surface area contributed by atoms with Crippen LogP contribution in [-0.2, 0) is 19.1 Å². The lowest BCUT2D eigenvalue weighted by molar-refractivity contribution is -0.162. The third kappa shape index (κ3) is 3.82. The van der Waals surface area contributed by atoms with Gasteiger partial charge in [-0.15, -0.1) is 0 Å². The minimum absolute atomic E-state index is 0.366. The topological polar surface area (TPSA) is 81.7 Å². The molecule has 1 heterocycles. The number of anilines is 1. The Kier molecular flexibility index (Phi) is 5.81. The van der Waals surface area contributed by atoms with Crippen molar-refractivity contribution in [2.24, 2.45) is 11.3 Å². The molecule has 0 saturated heterocycles. The number of methoxy groups -OCH3 is 1. The zero-order valence-corrected chi connectivity index (χ0v) is 17.9. The summed E-state index contributed by atoms with van der Waals surface area (Å²) in [6, 6.07) is 14.5. The summed E-state index contributed by atoms with van der Waals surface area (Å²) < 4.78 is 10.8. The molecule has 2 aromatic carbocycles. The van der Waals surface area contributed by atoms with Crippen LogP contribution in [0.3, 0.4) is 0 Å². The molecule has 2 atom stereocenters. The quantitative estimate of drug-likeness (QED) is 0.450. The first-order chi connectivity index (χ1) is 15.0. The van der Waals surface area contributed by atoms with E-state index in [1.807, 2.05) is 31.2 Å². The maximum atomic E-state index is 13.4. The first kappa shape index (κ1) is 21.1. The van der Waals surface area contributed by atoms with Gasteiger partial charge in [-0.1, -0.05) is 55.2 Å². The normalized spacial score (nSPS) is 22.1. The molecule has 1 N–H and O–H groups in total. The molecular weight excluding hydrogens is 394 g/mol. The molecule has 1 fully saturated rings.